The molecule has 0 aliphatic heterocycles. The number of alkyl carbamates (subject to hydrolysis) is 1. The summed E-state index contributed by atoms with van der Waals surface area (Å²) >= 11 is 0. The van der Waals surface area contributed by atoms with Crippen molar-refractivity contribution < 1.29 is 24.2 Å². The Kier molecular flexibility index (Phi) is 6.96. The van der Waals surface area contributed by atoms with Gasteiger partial charge in [0, 0.05) is 12.0 Å². The zero-order chi connectivity index (χ0) is 23.4. The van der Waals surface area contributed by atoms with Crippen LogP contribution in [-0.2, 0) is 14.3 Å². The van der Waals surface area contributed by atoms with Crippen LogP contribution in [0.15, 0.2) is 48.5 Å². The van der Waals surface area contributed by atoms with Gasteiger partial charge in [0.05, 0.1) is 5.92 Å². The van der Waals surface area contributed by atoms with E-state index < -0.39 is 30.1 Å². The highest BCUT2D eigenvalue weighted by Gasteiger charge is 2.34. The van der Waals surface area contributed by atoms with E-state index in [4.69, 9.17) is 4.74 Å². The number of amides is 2. The minimum absolute atomic E-state index is 0.0596. The number of carboxylic acids is 1. The zero-order valence-corrected chi connectivity index (χ0v) is 18.8. The Morgan fingerprint density at radius 3 is 2.21 bits per heavy atom. The van der Waals surface area contributed by atoms with Crippen molar-refractivity contribution in [2.24, 2.45) is 5.92 Å². The van der Waals surface area contributed by atoms with E-state index in [1.807, 2.05) is 36.4 Å². The number of fused-ring (bicyclic) bond motifs is 3. The number of nitrogens with one attached hydrogen (secondary N) is 2. The van der Waals surface area contributed by atoms with Gasteiger partial charge in [-0.1, -0.05) is 68.3 Å². The molecule has 7 nitrogen and oxygen atoms in total. The highest BCUT2D eigenvalue weighted by atomic mass is 16.5. The van der Waals surface area contributed by atoms with Crippen molar-refractivity contribution in [2.75, 3.05) is 6.61 Å². The second-order valence-electron chi connectivity index (χ2n) is 8.77. The Bertz CT molecular complexity index is 991. The number of carboxylic acid groups (broad SMARTS) is 1. The van der Waals surface area contributed by atoms with Gasteiger partial charge in [-0.15, -0.1) is 0 Å². The molecule has 0 heterocycles. The lowest BCUT2D eigenvalue weighted by molar-refractivity contribution is -0.144. The van der Waals surface area contributed by atoms with Crippen LogP contribution >= 0.6 is 0 Å². The van der Waals surface area contributed by atoms with Crippen LogP contribution in [0.25, 0.3) is 11.1 Å². The van der Waals surface area contributed by atoms with E-state index >= 15 is 0 Å². The molecule has 0 radical (unpaired) electrons. The summed E-state index contributed by atoms with van der Waals surface area (Å²) in [6.07, 6.45) is 2.63. The molecule has 1 saturated carbocycles. The zero-order valence-electron chi connectivity index (χ0n) is 18.8. The summed E-state index contributed by atoms with van der Waals surface area (Å²) in [6, 6.07) is 15.0. The molecule has 2 aliphatic carbocycles. The van der Waals surface area contributed by atoms with Gasteiger partial charge in [-0.05, 0) is 41.5 Å². The third-order valence-corrected chi connectivity index (χ3v) is 6.77. The van der Waals surface area contributed by atoms with E-state index in [-0.39, 0.29) is 18.4 Å². The lowest BCUT2D eigenvalue weighted by Crippen LogP contribution is -2.53. The molecule has 3 atom stereocenters. The number of rotatable bonds is 7. The minimum atomic E-state index is -0.891. The fraction of sp³-hybridized carbons (Fsp3) is 0.423. The molecular formula is C26H30N2O5. The summed E-state index contributed by atoms with van der Waals surface area (Å²) in [7, 11) is 0. The highest BCUT2D eigenvalue weighted by molar-refractivity contribution is 5.86. The first-order chi connectivity index (χ1) is 16.0. The van der Waals surface area contributed by atoms with E-state index in [1.54, 1.807) is 6.92 Å². The first-order valence-corrected chi connectivity index (χ1v) is 11.6. The topological polar surface area (TPSA) is 105 Å². The monoisotopic (exact) mass is 450 g/mol. The summed E-state index contributed by atoms with van der Waals surface area (Å²) in [4.78, 5) is 36.8. The van der Waals surface area contributed by atoms with Crippen LogP contribution in [0.3, 0.4) is 0 Å². The van der Waals surface area contributed by atoms with Crippen LogP contribution in [0.2, 0.25) is 0 Å². The largest absolute Gasteiger partial charge is 0.481 e. The second-order valence-corrected chi connectivity index (χ2v) is 8.77. The average Bonchev–Trinajstić information content (AvgIpc) is 3.15. The quantitative estimate of drug-likeness (QED) is 0.590. The summed E-state index contributed by atoms with van der Waals surface area (Å²) in [5.41, 5.74) is 4.53. The Morgan fingerprint density at radius 1 is 1.00 bits per heavy atom. The molecule has 3 N–H and O–H groups in total. The second kappa shape index (κ2) is 10.1. The normalized spacial score (nSPS) is 20.3. The van der Waals surface area contributed by atoms with Crippen LogP contribution in [0.4, 0.5) is 4.79 Å². The number of carbonyl (C=O) groups is 3. The van der Waals surface area contributed by atoms with Crippen LogP contribution in [0, 0.1) is 5.92 Å². The summed E-state index contributed by atoms with van der Waals surface area (Å²) < 4.78 is 5.55. The number of hydrogen-bond acceptors (Lipinski definition) is 4. The predicted octanol–water partition coefficient (Wildman–Crippen LogP) is 4.06. The maximum atomic E-state index is 12.8. The molecule has 0 aromatic heterocycles. The number of carbonyl (C=O) groups excluding carboxylic acids is 2. The van der Waals surface area contributed by atoms with Gasteiger partial charge in [0.25, 0.3) is 0 Å². The number of hydrogen-bond donors (Lipinski definition) is 3. The minimum Gasteiger partial charge on any atom is -0.481 e. The smallest absolute Gasteiger partial charge is 0.407 e. The van der Waals surface area contributed by atoms with Crippen LogP contribution in [0.1, 0.15) is 56.1 Å². The Morgan fingerprint density at radius 2 is 1.61 bits per heavy atom. The molecule has 0 saturated heterocycles. The third kappa shape index (κ3) is 4.87. The lowest BCUT2D eigenvalue weighted by Gasteiger charge is -2.30. The lowest BCUT2D eigenvalue weighted by atomic mass is 9.84. The maximum Gasteiger partial charge on any atom is 0.407 e. The predicted molar refractivity (Wildman–Crippen MR) is 124 cm³/mol. The molecule has 2 aromatic rings. The Labute approximate surface area is 193 Å². The molecule has 2 aromatic carbocycles. The van der Waals surface area contributed by atoms with Gasteiger partial charge in [-0.2, -0.15) is 0 Å². The summed E-state index contributed by atoms with van der Waals surface area (Å²) in [6.45, 7) is 1.96. The van der Waals surface area contributed by atoms with Crippen molar-refractivity contribution in [3.05, 3.63) is 59.7 Å². The van der Waals surface area contributed by atoms with Crippen molar-refractivity contribution in [3.63, 3.8) is 0 Å². The molecule has 4 rings (SSSR count). The molecule has 174 valence electrons. The van der Waals surface area contributed by atoms with Gasteiger partial charge in [0.2, 0.25) is 5.91 Å². The number of benzene rings is 2. The van der Waals surface area contributed by atoms with Crippen LogP contribution in [0.5, 0.6) is 0 Å². The Hall–Kier alpha value is -3.35. The van der Waals surface area contributed by atoms with Gasteiger partial charge in [0.15, 0.2) is 0 Å². The molecule has 1 fully saturated rings. The van der Waals surface area contributed by atoms with Crippen molar-refractivity contribution in [3.8, 4) is 11.1 Å². The van der Waals surface area contributed by atoms with Crippen molar-refractivity contribution >= 4 is 18.0 Å². The maximum absolute atomic E-state index is 12.8. The van der Waals surface area contributed by atoms with Crippen LogP contribution in [-0.4, -0.2) is 41.8 Å². The van der Waals surface area contributed by atoms with E-state index in [1.165, 1.54) is 0 Å². The molecule has 2 amide bonds. The summed E-state index contributed by atoms with van der Waals surface area (Å²) in [5, 5.41) is 14.9. The number of ether oxygens (including phenoxy) is 1. The fourth-order valence-electron chi connectivity index (χ4n) is 5.02. The fourth-order valence-corrected chi connectivity index (χ4v) is 5.02. The number of aliphatic carboxylic acids is 1. The standard InChI is InChI=1S/C26H30N2O5/c1-2-22(24(29)27-23-14-8-7-13-20(23)25(30)31)28-26(32)33-15-21-18-11-5-3-9-16(18)17-10-4-6-12-19(17)21/h3-6,9-12,20-23H,2,7-8,13-15H2,1H3,(H,27,29)(H,28,32)(H,30,31). The molecule has 33 heavy (non-hydrogen) atoms. The third-order valence-electron chi connectivity index (χ3n) is 6.77. The van der Waals surface area contributed by atoms with E-state index in [9.17, 15) is 19.5 Å². The van der Waals surface area contributed by atoms with Gasteiger partial charge >= 0.3 is 12.1 Å². The van der Waals surface area contributed by atoms with Crippen molar-refractivity contribution in [1.29, 1.82) is 0 Å². The average molecular weight is 451 g/mol. The highest BCUT2D eigenvalue weighted by Crippen LogP contribution is 2.44. The molecule has 2 aliphatic rings. The Balaban J connectivity index is 1.36. The molecule has 0 bridgehead atoms. The first-order valence-electron chi connectivity index (χ1n) is 11.6. The molecule has 7 heteroatoms. The van der Waals surface area contributed by atoms with Gasteiger partial charge in [-0.25, -0.2) is 4.79 Å². The van der Waals surface area contributed by atoms with E-state index in [2.05, 4.69) is 22.8 Å². The van der Waals surface area contributed by atoms with Gasteiger partial charge in [0.1, 0.15) is 12.6 Å². The molecule has 3 unspecified atom stereocenters. The molecule has 0 spiro atoms. The van der Waals surface area contributed by atoms with E-state index in [0.29, 0.717) is 19.3 Å². The SMILES string of the molecule is CCC(NC(=O)OCC1c2ccccc2-c2ccccc21)C(=O)NC1CCCCC1C(=O)O. The molecular weight excluding hydrogens is 420 g/mol. The first kappa shape index (κ1) is 22.8. The van der Waals surface area contributed by atoms with E-state index in [0.717, 1.165) is 35.1 Å². The van der Waals surface area contributed by atoms with Gasteiger partial charge in [-0.3, -0.25) is 9.59 Å². The summed E-state index contributed by atoms with van der Waals surface area (Å²) in [5.74, 6) is -1.91. The van der Waals surface area contributed by atoms with Crippen molar-refractivity contribution in [1.82, 2.24) is 10.6 Å². The van der Waals surface area contributed by atoms with Crippen molar-refractivity contribution in [2.45, 2.75) is 57.0 Å². The van der Waals surface area contributed by atoms with Gasteiger partial charge < -0.3 is 20.5 Å². The van der Waals surface area contributed by atoms with Crippen LogP contribution < -0.4 is 10.6 Å².